The van der Waals surface area contributed by atoms with Crippen LogP contribution in [0.15, 0.2) is 30.3 Å². The second-order valence-electron chi connectivity index (χ2n) is 5.30. The zero-order chi connectivity index (χ0) is 14.1. The summed E-state index contributed by atoms with van der Waals surface area (Å²) in [5, 5.41) is 13.5. The minimum Gasteiger partial charge on any atom is -0.481 e. The van der Waals surface area contributed by atoms with Gasteiger partial charge in [-0.3, -0.25) is 4.79 Å². The van der Waals surface area contributed by atoms with Crippen molar-refractivity contribution in [2.24, 2.45) is 0 Å². The fourth-order valence-electron chi connectivity index (χ4n) is 2.57. The van der Waals surface area contributed by atoms with Gasteiger partial charge in [0.1, 0.15) is 0 Å². The highest BCUT2D eigenvalue weighted by Crippen LogP contribution is 2.41. The third kappa shape index (κ3) is 2.46. The van der Waals surface area contributed by atoms with Crippen LogP contribution < -0.4 is 0 Å². The monoisotopic (exact) mass is 270 g/mol. The average Bonchev–Trinajstić information content (AvgIpc) is 3.20. The summed E-state index contributed by atoms with van der Waals surface area (Å²) in [6.07, 6.45) is 3.27. The second kappa shape index (κ2) is 5.12. The van der Waals surface area contributed by atoms with Gasteiger partial charge < -0.3 is 5.11 Å². The topological polar surface area (TPSA) is 55.1 Å². The summed E-state index contributed by atoms with van der Waals surface area (Å²) in [4.78, 5) is 10.9. The normalized spacial score (nSPS) is 14.4. The maximum Gasteiger partial charge on any atom is 0.309 e. The number of nitrogens with zero attached hydrogens (tertiary/aromatic N) is 2. The zero-order valence-corrected chi connectivity index (χ0v) is 11.5. The minimum absolute atomic E-state index is 0.0129. The summed E-state index contributed by atoms with van der Waals surface area (Å²) in [7, 11) is 0. The Balaban J connectivity index is 2.06. The standard InChI is InChI=1S/C16H18N2O2/c1-2-11-5-3-4-6-14(11)18-15(12-7-8-12)9-13(17-18)10-16(19)20/h3-6,9,12H,2,7-8,10H2,1H3,(H,19,20). The van der Waals surface area contributed by atoms with Gasteiger partial charge in [-0.25, -0.2) is 4.68 Å². The maximum atomic E-state index is 10.9. The first-order chi connectivity index (χ1) is 9.69. The van der Waals surface area contributed by atoms with Crippen LogP contribution in [0.25, 0.3) is 5.69 Å². The van der Waals surface area contributed by atoms with E-state index in [-0.39, 0.29) is 6.42 Å². The van der Waals surface area contributed by atoms with Crippen molar-refractivity contribution >= 4 is 5.97 Å². The van der Waals surface area contributed by atoms with E-state index in [1.807, 2.05) is 22.9 Å². The van der Waals surface area contributed by atoms with Crippen LogP contribution in [0.4, 0.5) is 0 Å². The van der Waals surface area contributed by atoms with E-state index >= 15 is 0 Å². The van der Waals surface area contributed by atoms with E-state index in [4.69, 9.17) is 5.11 Å². The molecule has 0 bridgehead atoms. The molecular weight excluding hydrogens is 252 g/mol. The van der Waals surface area contributed by atoms with Gasteiger partial charge >= 0.3 is 5.97 Å². The molecule has 2 aromatic rings. The number of hydrogen-bond acceptors (Lipinski definition) is 2. The maximum absolute atomic E-state index is 10.9. The molecule has 0 amide bonds. The van der Waals surface area contributed by atoms with E-state index in [1.165, 1.54) is 18.4 Å². The zero-order valence-electron chi connectivity index (χ0n) is 11.5. The van der Waals surface area contributed by atoms with Gasteiger partial charge in [0, 0.05) is 11.6 Å². The molecule has 1 heterocycles. The summed E-state index contributed by atoms with van der Waals surface area (Å²) in [5.74, 6) is -0.296. The number of rotatable bonds is 5. The number of para-hydroxylation sites is 1. The van der Waals surface area contributed by atoms with Crippen LogP contribution in [-0.2, 0) is 17.6 Å². The van der Waals surface area contributed by atoms with Crippen molar-refractivity contribution in [3.05, 3.63) is 47.3 Å². The highest BCUT2D eigenvalue weighted by Gasteiger charge is 2.29. The van der Waals surface area contributed by atoms with Crippen LogP contribution in [0, 0.1) is 0 Å². The summed E-state index contributed by atoms with van der Waals surface area (Å²) in [5.41, 5.74) is 4.11. The number of aliphatic carboxylic acids is 1. The summed E-state index contributed by atoms with van der Waals surface area (Å²) < 4.78 is 1.95. The van der Waals surface area contributed by atoms with Gasteiger partial charge in [0.2, 0.25) is 0 Å². The molecule has 4 heteroatoms. The molecule has 1 aliphatic carbocycles. The van der Waals surface area contributed by atoms with E-state index in [0.29, 0.717) is 11.6 Å². The number of benzene rings is 1. The van der Waals surface area contributed by atoms with Gasteiger partial charge in [0.25, 0.3) is 0 Å². The van der Waals surface area contributed by atoms with Crippen molar-refractivity contribution in [3.63, 3.8) is 0 Å². The Morgan fingerprint density at radius 2 is 2.15 bits per heavy atom. The molecule has 1 aliphatic rings. The Labute approximate surface area is 118 Å². The molecule has 20 heavy (non-hydrogen) atoms. The first-order valence-electron chi connectivity index (χ1n) is 7.08. The first kappa shape index (κ1) is 12.9. The minimum atomic E-state index is -0.833. The first-order valence-corrected chi connectivity index (χ1v) is 7.08. The number of hydrogen-bond donors (Lipinski definition) is 1. The predicted molar refractivity (Wildman–Crippen MR) is 76.3 cm³/mol. The number of aromatic nitrogens is 2. The van der Waals surface area contributed by atoms with Crippen LogP contribution in [0.1, 0.15) is 42.6 Å². The Morgan fingerprint density at radius 3 is 2.80 bits per heavy atom. The van der Waals surface area contributed by atoms with E-state index in [1.54, 1.807) is 0 Å². The van der Waals surface area contributed by atoms with E-state index in [9.17, 15) is 4.79 Å². The quantitative estimate of drug-likeness (QED) is 0.908. The van der Waals surface area contributed by atoms with E-state index < -0.39 is 5.97 Å². The molecule has 3 rings (SSSR count). The molecule has 1 saturated carbocycles. The number of aryl methyl sites for hydroxylation is 1. The Hall–Kier alpha value is -2.10. The van der Waals surface area contributed by atoms with E-state index in [0.717, 1.165) is 17.8 Å². The Morgan fingerprint density at radius 1 is 1.40 bits per heavy atom. The lowest BCUT2D eigenvalue weighted by molar-refractivity contribution is -0.136. The summed E-state index contributed by atoms with van der Waals surface area (Å²) in [6.45, 7) is 2.12. The van der Waals surface area contributed by atoms with E-state index in [2.05, 4.69) is 24.2 Å². The lowest BCUT2D eigenvalue weighted by Gasteiger charge is -2.10. The van der Waals surface area contributed by atoms with Crippen molar-refractivity contribution in [3.8, 4) is 5.69 Å². The van der Waals surface area contributed by atoms with Crippen molar-refractivity contribution in [2.75, 3.05) is 0 Å². The van der Waals surface area contributed by atoms with Gasteiger partial charge in [0.05, 0.1) is 17.8 Å². The number of carbonyl (C=O) groups is 1. The molecule has 1 aromatic carbocycles. The van der Waals surface area contributed by atoms with Crippen LogP contribution in [0.3, 0.4) is 0 Å². The smallest absolute Gasteiger partial charge is 0.309 e. The summed E-state index contributed by atoms with van der Waals surface area (Å²) in [6, 6.07) is 10.1. The highest BCUT2D eigenvalue weighted by molar-refractivity contribution is 5.69. The molecule has 0 aliphatic heterocycles. The molecule has 0 spiro atoms. The lowest BCUT2D eigenvalue weighted by Crippen LogP contribution is -2.06. The lowest BCUT2D eigenvalue weighted by atomic mass is 10.1. The number of carboxylic acid groups (broad SMARTS) is 1. The van der Waals surface area contributed by atoms with Gasteiger partial charge in [-0.1, -0.05) is 25.1 Å². The van der Waals surface area contributed by atoms with Crippen molar-refractivity contribution in [1.82, 2.24) is 9.78 Å². The molecule has 1 N–H and O–H groups in total. The van der Waals surface area contributed by atoms with Gasteiger partial charge in [0.15, 0.2) is 0 Å². The van der Waals surface area contributed by atoms with Crippen LogP contribution in [-0.4, -0.2) is 20.9 Å². The van der Waals surface area contributed by atoms with Crippen molar-refractivity contribution in [1.29, 1.82) is 0 Å². The average molecular weight is 270 g/mol. The van der Waals surface area contributed by atoms with Gasteiger partial charge in [-0.05, 0) is 37.0 Å². The third-order valence-electron chi connectivity index (χ3n) is 3.72. The van der Waals surface area contributed by atoms with Crippen LogP contribution >= 0.6 is 0 Å². The van der Waals surface area contributed by atoms with Crippen LogP contribution in [0.5, 0.6) is 0 Å². The largest absolute Gasteiger partial charge is 0.481 e. The van der Waals surface area contributed by atoms with Gasteiger partial charge in [-0.2, -0.15) is 5.10 Å². The fourth-order valence-corrected chi connectivity index (χ4v) is 2.57. The fraction of sp³-hybridized carbons (Fsp3) is 0.375. The molecule has 4 nitrogen and oxygen atoms in total. The Kier molecular flexibility index (Phi) is 3.30. The molecule has 1 aromatic heterocycles. The molecule has 104 valence electrons. The highest BCUT2D eigenvalue weighted by atomic mass is 16.4. The molecular formula is C16H18N2O2. The Bertz CT molecular complexity index is 642. The second-order valence-corrected chi connectivity index (χ2v) is 5.30. The number of carboxylic acids is 1. The van der Waals surface area contributed by atoms with Crippen LogP contribution in [0.2, 0.25) is 0 Å². The molecule has 0 radical (unpaired) electrons. The molecule has 0 saturated heterocycles. The predicted octanol–water partition coefficient (Wildman–Crippen LogP) is 2.94. The third-order valence-corrected chi connectivity index (χ3v) is 3.72. The molecule has 1 fully saturated rings. The van der Waals surface area contributed by atoms with Gasteiger partial charge in [-0.15, -0.1) is 0 Å². The molecule has 0 atom stereocenters. The summed E-state index contributed by atoms with van der Waals surface area (Å²) >= 11 is 0. The SMILES string of the molecule is CCc1ccccc1-n1nc(CC(=O)O)cc1C1CC1. The van der Waals surface area contributed by atoms with Crippen molar-refractivity contribution in [2.45, 2.75) is 38.5 Å². The molecule has 0 unspecified atom stereocenters. The van der Waals surface area contributed by atoms with Crippen molar-refractivity contribution < 1.29 is 9.90 Å².